The van der Waals surface area contributed by atoms with E-state index in [0.29, 0.717) is 11.4 Å². The van der Waals surface area contributed by atoms with Crippen molar-refractivity contribution in [2.24, 2.45) is 0 Å². The summed E-state index contributed by atoms with van der Waals surface area (Å²) in [7, 11) is 1.57. The highest BCUT2D eigenvalue weighted by Gasteiger charge is 2.35. The van der Waals surface area contributed by atoms with Crippen LogP contribution < -0.4 is 15.0 Å². The van der Waals surface area contributed by atoms with Crippen LogP contribution in [0.2, 0.25) is 0 Å². The molecule has 0 aliphatic carbocycles. The van der Waals surface area contributed by atoms with Gasteiger partial charge < -0.3 is 4.74 Å². The molecule has 1 aromatic rings. The molecule has 0 radical (unpaired) electrons. The summed E-state index contributed by atoms with van der Waals surface area (Å²) in [5, 5.41) is 2.26. The van der Waals surface area contributed by atoms with Crippen LogP contribution in [0.4, 0.5) is 10.5 Å². The van der Waals surface area contributed by atoms with Crippen LogP contribution in [0.25, 0.3) is 0 Å². The predicted molar refractivity (Wildman–Crippen MR) is 58.5 cm³/mol. The smallest absolute Gasteiger partial charge is 0.329 e. The molecule has 0 spiro atoms. The zero-order chi connectivity index (χ0) is 11.7. The minimum Gasteiger partial charge on any atom is -0.497 e. The van der Waals surface area contributed by atoms with Crippen LogP contribution in [0.1, 0.15) is 6.92 Å². The minimum absolute atomic E-state index is 0.277. The van der Waals surface area contributed by atoms with E-state index in [1.165, 1.54) is 4.90 Å². The maximum atomic E-state index is 11.5. The Morgan fingerprint density at radius 2 is 1.88 bits per heavy atom. The molecular weight excluding hydrogens is 208 g/mol. The molecule has 1 aromatic carbocycles. The van der Waals surface area contributed by atoms with Gasteiger partial charge in [-0.05, 0) is 31.2 Å². The van der Waals surface area contributed by atoms with Crippen LogP contribution in [0, 0.1) is 0 Å². The number of benzene rings is 1. The van der Waals surface area contributed by atoms with Gasteiger partial charge in [0.2, 0.25) is 0 Å². The Kier molecular flexibility index (Phi) is 2.52. The largest absolute Gasteiger partial charge is 0.497 e. The molecule has 84 valence electrons. The fraction of sp³-hybridized carbons (Fsp3) is 0.273. The topological polar surface area (TPSA) is 58.6 Å². The number of amides is 3. The molecular formula is C11H12N2O3. The second-order valence-corrected chi connectivity index (χ2v) is 3.54. The number of nitrogens with one attached hydrogen (secondary N) is 1. The van der Waals surface area contributed by atoms with Gasteiger partial charge >= 0.3 is 6.03 Å². The van der Waals surface area contributed by atoms with E-state index in [1.807, 2.05) is 0 Å². The monoisotopic (exact) mass is 220 g/mol. The molecule has 0 aromatic heterocycles. The number of imide groups is 1. The van der Waals surface area contributed by atoms with E-state index in [9.17, 15) is 9.59 Å². The fourth-order valence-electron chi connectivity index (χ4n) is 1.65. The van der Waals surface area contributed by atoms with E-state index in [-0.39, 0.29) is 11.9 Å². The number of urea groups is 1. The third kappa shape index (κ3) is 1.60. The molecule has 1 saturated heterocycles. The van der Waals surface area contributed by atoms with Crippen LogP contribution in [-0.2, 0) is 4.79 Å². The number of anilines is 1. The first-order chi connectivity index (χ1) is 7.63. The van der Waals surface area contributed by atoms with Crippen molar-refractivity contribution in [3.05, 3.63) is 24.3 Å². The Hall–Kier alpha value is -2.04. The molecule has 1 fully saturated rings. The van der Waals surface area contributed by atoms with Crippen molar-refractivity contribution < 1.29 is 14.3 Å². The van der Waals surface area contributed by atoms with E-state index in [1.54, 1.807) is 38.3 Å². The first-order valence-corrected chi connectivity index (χ1v) is 4.91. The lowest BCUT2D eigenvalue weighted by Gasteiger charge is -2.18. The van der Waals surface area contributed by atoms with E-state index >= 15 is 0 Å². The van der Waals surface area contributed by atoms with Crippen LogP contribution in [0.15, 0.2) is 24.3 Å². The maximum absolute atomic E-state index is 11.5. The zero-order valence-corrected chi connectivity index (χ0v) is 9.06. The van der Waals surface area contributed by atoms with Crippen LogP contribution in [-0.4, -0.2) is 25.1 Å². The standard InChI is InChI=1S/C11H12N2O3/c1-7-10(14)12-11(15)13(7)8-3-5-9(16-2)6-4-8/h3-7H,1-2H3,(H,12,14,15). The Morgan fingerprint density at radius 3 is 2.31 bits per heavy atom. The molecule has 0 saturated carbocycles. The quantitative estimate of drug-likeness (QED) is 0.760. The molecule has 3 amide bonds. The lowest BCUT2D eigenvalue weighted by molar-refractivity contribution is -0.119. The molecule has 1 atom stereocenters. The van der Waals surface area contributed by atoms with Gasteiger partial charge in [0.05, 0.1) is 7.11 Å². The predicted octanol–water partition coefficient (Wildman–Crippen LogP) is 1.14. The summed E-state index contributed by atoms with van der Waals surface area (Å²) in [6.45, 7) is 1.68. The minimum atomic E-state index is -0.471. The lowest BCUT2D eigenvalue weighted by atomic mass is 10.2. The number of hydrogen-bond donors (Lipinski definition) is 1. The maximum Gasteiger partial charge on any atom is 0.329 e. The molecule has 5 nitrogen and oxygen atoms in total. The highest BCUT2D eigenvalue weighted by molar-refractivity contribution is 6.14. The van der Waals surface area contributed by atoms with Gasteiger partial charge in [0.15, 0.2) is 0 Å². The second-order valence-electron chi connectivity index (χ2n) is 3.54. The van der Waals surface area contributed by atoms with Crippen LogP contribution in [0.3, 0.4) is 0 Å². The van der Waals surface area contributed by atoms with Crippen molar-refractivity contribution in [3.63, 3.8) is 0 Å². The molecule has 2 rings (SSSR count). The molecule has 1 aliphatic heterocycles. The summed E-state index contributed by atoms with van der Waals surface area (Å²) in [5.41, 5.74) is 0.677. The fourth-order valence-corrected chi connectivity index (χ4v) is 1.65. The van der Waals surface area contributed by atoms with Crippen molar-refractivity contribution in [2.45, 2.75) is 13.0 Å². The number of carbonyl (C=O) groups is 2. The lowest BCUT2D eigenvalue weighted by Crippen LogP contribution is -2.32. The molecule has 1 N–H and O–H groups in total. The second kappa shape index (κ2) is 3.84. The van der Waals surface area contributed by atoms with Gasteiger partial charge in [0, 0.05) is 5.69 Å². The Balaban J connectivity index is 2.29. The van der Waals surface area contributed by atoms with Gasteiger partial charge in [-0.3, -0.25) is 15.0 Å². The van der Waals surface area contributed by atoms with E-state index in [0.717, 1.165) is 0 Å². The number of methoxy groups -OCH3 is 1. The van der Waals surface area contributed by atoms with Gasteiger partial charge in [0.25, 0.3) is 5.91 Å². The van der Waals surface area contributed by atoms with Crippen molar-refractivity contribution in [1.82, 2.24) is 5.32 Å². The normalized spacial score (nSPS) is 19.9. The first-order valence-electron chi connectivity index (χ1n) is 4.91. The molecule has 1 aliphatic rings. The molecule has 5 heteroatoms. The van der Waals surface area contributed by atoms with Gasteiger partial charge in [-0.15, -0.1) is 0 Å². The Labute approximate surface area is 93.0 Å². The average Bonchev–Trinajstić information content (AvgIpc) is 2.54. The zero-order valence-electron chi connectivity index (χ0n) is 9.06. The van der Waals surface area contributed by atoms with E-state index < -0.39 is 6.04 Å². The third-order valence-electron chi connectivity index (χ3n) is 2.57. The van der Waals surface area contributed by atoms with Crippen molar-refractivity contribution in [3.8, 4) is 5.75 Å². The van der Waals surface area contributed by atoms with Crippen LogP contribution >= 0.6 is 0 Å². The highest BCUT2D eigenvalue weighted by atomic mass is 16.5. The van der Waals surface area contributed by atoms with Gasteiger partial charge in [0.1, 0.15) is 11.8 Å². The van der Waals surface area contributed by atoms with Crippen LogP contribution in [0.5, 0.6) is 5.75 Å². The molecule has 1 unspecified atom stereocenters. The number of nitrogens with zero attached hydrogens (tertiary/aromatic N) is 1. The summed E-state index contributed by atoms with van der Waals surface area (Å²) in [4.78, 5) is 24.2. The molecule has 16 heavy (non-hydrogen) atoms. The highest BCUT2D eigenvalue weighted by Crippen LogP contribution is 2.23. The average molecular weight is 220 g/mol. The number of rotatable bonds is 2. The Bertz CT molecular complexity index is 427. The van der Waals surface area contributed by atoms with E-state index in [2.05, 4.69) is 5.32 Å². The molecule has 0 bridgehead atoms. The van der Waals surface area contributed by atoms with Gasteiger partial charge in [-0.1, -0.05) is 0 Å². The number of hydrogen-bond acceptors (Lipinski definition) is 3. The summed E-state index contributed by atoms with van der Waals surface area (Å²) in [6.07, 6.45) is 0. The third-order valence-corrected chi connectivity index (χ3v) is 2.57. The SMILES string of the molecule is COc1ccc(N2C(=O)NC(=O)C2C)cc1. The number of ether oxygens (including phenoxy) is 1. The van der Waals surface area contributed by atoms with Crippen molar-refractivity contribution in [1.29, 1.82) is 0 Å². The van der Waals surface area contributed by atoms with Crippen molar-refractivity contribution in [2.75, 3.05) is 12.0 Å². The summed E-state index contributed by atoms with van der Waals surface area (Å²) in [6, 6.07) is 6.13. The van der Waals surface area contributed by atoms with Gasteiger partial charge in [-0.25, -0.2) is 4.79 Å². The summed E-state index contributed by atoms with van der Waals surface area (Å²) >= 11 is 0. The van der Waals surface area contributed by atoms with Gasteiger partial charge in [-0.2, -0.15) is 0 Å². The first kappa shape index (κ1) is 10.5. The van der Waals surface area contributed by atoms with Crippen molar-refractivity contribution >= 4 is 17.6 Å². The summed E-state index contributed by atoms with van der Waals surface area (Å²) < 4.78 is 5.02. The van der Waals surface area contributed by atoms with E-state index in [4.69, 9.17) is 4.74 Å². The summed E-state index contributed by atoms with van der Waals surface area (Å²) in [5.74, 6) is 0.433. The molecule has 1 heterocycles. The number of carbonyl (C=O) groups excluding carboxylic acids is 2. The Morgan fingerprint density at radius 1 is 1.25 bits per heavy atom.